The summed E-state index contributed by atoms with van der Waals surface area (Å²) in [5.74, 6) is -0.184. The summed E-state index contributed by atoms with van der Waals surface area (Å²) in [5.41, 5.74) is 5.16. The van der Waals surface area contributed by atoms with Crippen LogP contribution in [-0.2, 0) is 14.3 Å². The number of ketones is 1. The van der Waals surface area contributed by atoms with Crippen molar-refractivity contribution in [3.8, 4) is 0 Å². The standard InChI is InChI=1S/C24H29N3O4/c1-15-21(13-19-18-10-6-7-11-20(18)27-23(19)29)26-16(2)22(15)24(30)25-12-8-4-5-9-17(28)14-31-3/h6-7,10-11,13,26H,4-5,8-9,12,14H2,1-3H3,(H,25,30)(H,27,29)/b19-13-. The predicted octanol–water partition coefficient (Wildman–Crippen LogP) is 3.63. The molecule has 3 N–H and O–H groups in total. The van der Waals surface area contributed by atoms with Crippen molar-refractivity contribution in [2.24, 2.45) is 0 Å². The van der Waals surface area contributed by atoms with Gasteiger partial charge in [-0.25, -0.2) is 0 Å². The first-order chi connectivity index (χ1) is 14.9. The number of amides is 2. The van der Waals surface area contributed by atoms with E-state index >= 15 is 0 Å². The van der Waals surface area contributed by atoms with Crippen LogP contribution in [0.1, 0.15) is 58.6 Å². The lowest BCUT2D eigenvalue weighted by atomic mass is 10.0. The average Bonchev–Trinajstić information content (AvgIpc) is 3.20. The van der Waals surface area contributed by atoms with Gasteiger partial charge in [-0.1, -0.05) is 24.6 Å². The first kappa shape index (κ1) is 22.5. The van der Waals surface area contributed by atoms with Gasteiger partial charge in [0.15, 0.2) is 5.78 Å². The molecular weight excluding hydrogens is 394 g/mol. The topological polar surface area (TPSA) is 100 Å². The van der Waals surface area contributed by atoms with E-state index in [1.165, 1.54) is 7.11 Å². The van der Waals surface area contributed by atoms with Gasteiger partial charge < -0.3 is 20.4 Å². The second-order valence-corrected chi connectivity index (χ2v) is 7.76. The number of rotatable bonds is 10. The fourth-order valence-corrected chi connectivity index (χ4v) is 3.83. The summed E-state index contributed by atoms with van der Waals surface area (Å²) in [7, 11) is 1.52. The van der Waals surface area contributed by atoms with Crippen LogP contribution in [0.3, 0.4) is 0 Å². The zero-order valence-corrected chi connectivity index (χ0v) is 18.3. The zero-order chi connectivity index (χ0) is 22.4. The summed E-state index contributed by atoms with van der Waals surface area (Å²) in [6.45, 7) is 4.45. The molecule has 31 heavy (non-hydrogen) atoms. The first-order valence-electron chi connectivity index (χ1n) is 10.5. The van der Waals surface area contributed by atoms with Gasteiger partial charge in [0.05, 0.1) is 11.1 Å². The molecule has 0 atom stereocenters. The summed E-state index contributed by atoms with van der Waals surface area (Å²) in [6, 6.07) is 7.55. The molecule has 0 aliphatic carbocycles. The Bertz CT molecular complexity index is 1020. The molecule has 0 saturated heterocycles. The molecule has 0 fully saturated rings. The summed E-state index contributed by atoms with van der Waals surface area (Å²) in [4.78, 5) is 39.8. The number of benzene rings is 1. The SMILES string of the molecule is COCC(=O)CCCCCNC(=O)c1c(C)[nH]c(/C=C2\C(=O)Nc3ccccc32)c1C. The molecule has 1 aromatic heterocycles. The molecule has 0 saturated carbocycles. The highest BCUT2D eigenvalue weighted by molar-refractivity contribution is 6.34. The van der Waals surface area contributed by atoms with Crippen molar-refractivity contribution in [1.82, 2.24) is 10.3 Å². The maximum absolute atomic E-state index is 12.7. The Morgan fingerprint density at radius 1 is 1.13 bits per heavy atom. The van der Waals surface area contributed by atoms with E-state index in [1.54, 1.807) is 6.08 Å². The van der Waals surface area contributed by atoms with Crippen LogP contribution in [0.4, 0.5) is 5.69 Å². The molecule has 0 bridgehead atoms. The van der Waals surface area contributed by atoms with E-state index in [2.05, 4.69) is 15.6 Å². The fourth-order valence-electron chi connectivity index (χ4n) is 3.83. The van der Waals surface area contributed by atoms with Crippen LogP contribution < -0.4 is 10.6 Å². The predicted molar refractivity (Wildman–Crippen MR) is 121 cm³/mol. The molecule has 1 aliphatic rings. The van der Waals surface area contributed by atoms with Crippen molar-refractivity contribution in [3.05, 3.63) is 52.3 Å². The van der Waals surface area contributed by atoms with E-state index in [0.717, 1.165) is 47.5 Å². The van der Waals surface area contributed by atoms with Crippen LogP contribution in [0.2, 0.25) is 0 Å². The number of hydrogen-bond donors (Lipinski definition) is 3. The number of Topliss-reactive ketones (excluding diaryl/α,β-unsaturated/α-hetero) is 1. The van der Waals surface area contributed by atoms with Gasteiger partial charge in [0.1, 0.15) is 6.61 Å². The maximum atomic E-state index is 12.7. The van der Waals surface area contributed by atoms with Crippen LogP contribution in [0.5, 0.6) is 0 Å². The third-order valence-corrected chi connectivity index (χ3v) is 5.43. The number of carbonyl (C=O) groups is 3. The van der Waals surface area contributed by atoms with E-state index in [0.29, 0.717) is 24.1 Å². The molecule has 1 aliphatic heterocycles. The van der Waals surface area contributed by atoms with Crippen LogP contribution in [0.15, 0.2) is 24.3 Å². The summed E-state index contributed by atoms with van der Waals surface area (Å²) in [6.07, 6.45) is 4.78. The highest BCUT2D eigenvalue weighted by Gasteiger charge is 2.25. The number of carbonyl (C=O) groups excluding carboxylic acids is 3. The van der Waals surface area contributed by atoms with E-state index in [-0.39, 0.29) is 24.2 Å². The van der Waals surface area contributed by atoms with Gasteiger partial charge in [-0.2, -0.15) is 0 Å². The van der Waals surface area contributed by atoms with Crippen molar-refractivity contribution in [1.29, 1.82) is 0 Å². The van der Waals surface area contributed by atoms with Gasteiger partial charge in [0.2, 0.25) is 0 Å². The number of aromatic nitrogens is 1. The number of aromatic amines is 1. The maximum Gasteiger partial charge on any atom is 0.256 e. The molecular formula is C24H29N3O4. The van der Waals surface area contributed by atoms with Gasteiger partial charge in [0, 0.05) is 42.7 Å². The van der Waals surface area contributed by atoms with Crippen molar-refractivity contribution >= 4 is 34.9 Å². The summed E-state index contributed by atoms with van der Waals surface area (Å²) in [5, 5.41) is 5.82. The average molecular weight is 424 g/mol. The van der Waals surface area contributed by atoms with Gasteiger partial charge >= 0.3 is 0 Å². The van der Waals surface area contributed by atoms with Gasteiger partial charge in [-0.3, -0.25) is 14.4 Å². The Morgan fingerprint density at radius 2 is 1.90 bits per heavy atom. The second kappa shape index (κ2) is 10.2. The number of H-pyrrole nitrogens is 1. The molecule has 0 spiro atoms. The Kier molecular flexibility index (Phi) is 7.41. The first-order valence-corrected chi connectivity index (χ1v) is 10.5. The molecule has 2 heterocycles. The van der Waals surface area contributed by atoms with E-state index in [1.807, 2.05) is 38.1 Å². The van der Waals surface area contributed by atoms with Gasteiger partial charge in [-0.05, 0) is 44.4 Å². The van der Waals surface area contributed by atoms with Crippen molar-refractivity contribution in [2.75, 3.05) is 25.6 Å². The summed E-state index contributed by atoms with van der Waals surface area (Å²) < 4.78 is 4.82. The van der Waals surface area contributed by atoms with Crippen LogP contribution in [-0.4, -0.2) is 42.8 Å². The molecule has 1 aromatic carbocycles. The van der Waals surface area contributed by atoms with Crippen LogP contribution >= 0.6 is 0 Å². The number of fused-ring (bicyclic) bond motifs is 1. The Morgan fingerprint density at radius 3 is 2.68 bits per heavy atom. The van der Waals surface area contributed by atoms with Crippen molar-refractivity contribution in [2.45, 2.75) is 39.5 Å². The van der Waals surface area contributed by atoms with Crippen LogP contribution in [0, 0.1) is 13.8 Å². The molecule has 0 radical (unpaired) electrons. The Labute approximate surface area is 182 Å². The monoisotopic (exact) mass is 423 g/mol. The third-order valence-electron chi connectivity index (χ3n) is 5.43. The number of unbranched alkanes of at least 4 members (excludes halogenated alkanes) is 2. The molecule has 0 unspecified atom stereocenters. The highest BCUT2D eigenvalue weighted by Crippen LogP contribution is 2.33. The number of methoxy groups -OCH3 is 1. The van der Waals surface area contributed by atoms with Crippen molar-refractivity contribution in [3.63, 3.8) is 0 Å². The van der Waals surface area contributed by atoms with Gasteiger partial charge in [-0.15, -0.1) is 0 Å². The molecule has 164 valence electrons. The zero-order valence-electron chi connectivity index (χ0n) is 18.3. The quantitative estimate of drug-likeness (QED) is 0.401. The number of ether oxygens (including phenoxy) is 1. The lowest BCUT2D eigenvalue weighted by Crippen LogP contribution is -2.25. The number of hydrogen-bond acceptors (Lipinski definition) is 4. The number of para-hydroxylation sites is 1. The minimum absolute atomic E-state index is 0.102. The van der Waals surface area contributed by atoms with E-state index in [9.17, 15) is 14.4 Å². The molecule has 2 amide bonds. The largest absolute Gasteiger partial charge is 0.377 e. The second-order valence-electron chi connectivity index (χ2n) is 7.76. The van der Waals surface area contributed by atoms with Crippen LogP contribution in [0.25, 0.3) is 11.6 Å². The molecule has 7 heteroatoms. The number of anilines is 1. The number of nitrogens with one attached hydrogen (secondary N) is 3. The molecule has 3 rings (SSSR count). The fraction of sp³-hybridized carbons (Fsp3) is 0.375. The van der Waals surface area contributed by atoms with Gasteiger partial charge in [0.25, 0.3) is 11.8 Å². The minimum Gasteiger partial charge on any atom is -0.377 e. The van der Waals surface area contributed by atoms with Crippen molar-refractivity contribution < 1.29 is 19.1 Å². The Balaban J connectivity index is 1.61. The molecule has 7 nitrogen and oxygen atoms in total. The lowest BCUT2D eigenvalue weighted by molar-refractivity contribution is -0.122. The summed E-state index contributed by atoms with van der Waals surface area (Å²) >= 11 is 0. The smallest absolute Gasteiger partial charge is 0.256 e. The third kappa shape index (κ3) is 5.30. The normalized spacial score (nSPS) is 13.9. The number of aryl methyl sites for hydroxylation is 1. The minimum atomic E-state index is -0.150. The lowest BCUT2D eigenvalue weighted by Gasteiger charge is -2.06. The van der Waals surface area contributed by atoms with E-state index < -0.39 is 0 Å². The molecule has 2 aromatic rings. The Hall–Kier alpha value is -3.19. The highest BCUT2D eigenvalue weighted by atomic mass is 16.5. The van der Waals surface area contributed by atoms with E-state index in [4.69, 9.17) is 4.74 Å².